The van der Waals surface area contributed by atoms with E-state index in [-0.39, 0.29) is 12.5 Å². The Hall–Kier alpha value is -2.92. The number of hydrogen-bond donors (Lipinski definition) is 3. The number of aliphatic hydroxyl groups is 1. The Morgan fingerprint density at radius 3 is 2.61 bits per heavy atom. The van der Waals surface area contributed by atoms with Crippen LogP contribution < -0.4 is 5.32 Å². The fourth-order valence-electron chi connectivity index (χ4n) is 2.41. The zero-order chi connectivity index (χ0) is 16.1. The van der Waals surface area contributed by atoms with Gasteiger partial charge in [-0.1, -0.05) is 60.7 Å². The molecular weight excluding hydrogens is 290 g/mol. The summed E-state index contributed by atoms with van der Waals surface area (Å²) in [6, 6.07) is 8.90. The van der Waals surface area contributed by atoms with E-state index in [1.165, 1.54) is 0 Å². The molecule has 2 aromatic rings. The minimum atomic E-state index is -0.462. The number of allylic oxidation sites excluding steroid dienone is 4. The molecule has 0 spiro atoms. The lowest BCUT2D eigenvalue weighted by Gasteiger charge is -2.16. The average molecular weight is 307 g/mol. The molecule has 0 bridgehead atoms. The topological polar surface area (TPSA) is 78.0 Å². The summed E-state index contributed by atoms with van der Waals surface area (Å²) in [5.74, 6) is -0.302. The van der Waals surface area contributed by atoms with E-state index in [2.05, 4.69) is 15.5 Å². The molecule has 1 aliphatic rings. The van der Waals surface area contributed by atoms with Crippen LogP contribution in [0.15, 0.2) is 54.6 Å². The normalized spacial score (nSPS) is 14.0. The molecule has 0 saturated carbocycles. The van der Waals surface area contributed by atoms with Gasteiger partial charge in [0, 0.05) is 5.56 Å². The highest BCUT2D eigenvalue weighted by Crippen LogP contribution is 2.19. The van der Waals surface area contributed by atoms with E-state index >= 15 is 0 Å². The van der Waals surface area contributed by atoms with Gasteiger partial charge in [0.2, 0.25) is 0 Å². The quantitative estimate of drug-likeness (QED) is 0.812. The van der Waals surface area contributed by atoms with Crippen molar-refractivity contribution in [2.75, 3.05) is 6.61 Å². The number of carbonyl (C=O) groups excluding carboxylic acids is 1. The molecule has 23 heavy (non-hydrogen) atoms. The Morgan fingerprint density at radius 1 is 1.13 bits per heavy atom. The second kappa shape index (κ2) is 6.89. The summed E-state index contributed by atoms with van der Waals surface area (Å²) in [4.78, 5) is 12.5. The minimum absolute atomic E-state index is 0.176. The van der Waals surface area contributed by atoms with Crippen molar-refractivity contribution in [1.29, 1.82) is 0 Å². The molecule has 1 amide bonds. The molecule has 0 aliphatic heterocycles. The van der Waals surface area contributed by atoms with Crippen LogP contribution in [0.3, 0.4) is 0 Å². The Kier molecular flexibility index (Phi) is 4.49. The molecule has 1 aromatic carbocycles. The van der Waals surface area contributed by atoms with Crippen LogP contribution in [-0.2, 0) is 0 Å². The van der Waals surface area contributed by atoms with Crippen molar-refractivity contribution >= 4 is 18.1 Å². The zero-order valence-corrected chi connectivity index (χ0v) is 12.4. The first kappa shape index (κ1) is 15.0. The zero-order valence-electron chi connectivity index (χ0n) is 12.4. The number of aromatic amines is 1. The van der Waals surface area contributed by atoms with Gasteiger partial charge >= 0.3 is 0 Å². The Morgan fingerprint density at radius 2 is 1.87 bits per heavy atom. The van der Waals surface area contributed by atoms with Crippen molar-refractivity contribution in [2.45, 2.75) is 6.04 Å². The number of nitrogens with one attached hydrogen (secondary N) is 2. The summed E-state index contributed by atoms with van der Waals surface area (Å²) >= 11 is 0. The molecule has 0 unspecified atom stereocenters. The van der Waals surface area contributed by atoms with E-state index in [4.69, 9.17) is 0 Å². The third-order valence-corrected chi connectivity index (χ3v) is 3.60. The monoisotopic (exact) mass is 307 g/mol. The Labute approximate surface area is 134 Å². The van der Waals surface area contributed by atoms with Crippen LogP contribution in [0.25, 0.3) is 12.2 Å². The first-order chi connectivity index (χ1) is 11.3. The van der Waals surface area contributed by atoms with Gasteiger partial charge in [-0.25, -0.2) is 0 Å². The van der Waals surface area contributed by atoms with E-state index < -0.39 is 6.04 Å². The van der Waals surface area contributed by atoms with E-state index in [0.29, 0.717) is 11.4 Å². The van der Waals surface area contributed by atoms with Crippen molar-refractivity contribution in [3.63, 3.8) is 0 Å². The molecule has 0 fully saturated rings. The highest BCUT2D eigenvalue weighted by molar-refractivity contribution is 5.97. The molecule has 3 rings (SSSR count). The average Bonchev–Trinajstić information content (AvgIpc) is 2.95. The van der Waals surface area contributed by atoms with E-state index in [1.54, 1.807) is 0 Å². The lowest BCUT2D eigenvalue weighted by Crippen LogP contribution is -2.31. The van der Waals surface area contributed by atoms with Crippen molar-refractivity contribution in [1.82, 2.24) is 15.5 Å². The fourth-order valence-corrected chi connectivity index (χ4v) is 2.41. The second-order valence-corrected chi connectivity index (χ2v) is 5.12. The van der Waals surface area contributed by atoms with Gasteiger partial charge in [-0.3, -0.25) is 9.89 Å². The van der Waals surface area contributed by atoms with Gasteiger partial charge in [0.15, 0.2) is 0 Å². The van der Waals surface area contributed by atoms with E-state index in [9.17, 15) is 9.90 Å². The van der Waals surface area contributed by atoms with Gasteiger partial charge in [-0.05, 0) is 11.6 Å². The molecule has 1 aromatic heterocycles. The number of carbonyl (C=O) groups is 1. The van der Waals surface area contributed by atoms with Gasteiger partial charge in [0.1, 0.15) is 5.69 Å². The van der Waals surface area contributed by atoms with Crippen LogP contribution in [-0.4, -0.2) is 27.8 Å². The first-order valence-electron chi connectivity index (χ1n) is 7.36. The number of amides is 1. The second-order valence-electron chi connectivity index (χ2n) is 5.12. The molecule has 0 radical (unpaired) electrons. The van der Waals surface area contributed by atoms with E-state index in [0.717, 1.165) is 11.1 Å². The maximum atomic E-state index is 12.5. The molecule has 3 N–H and O–H groups in total. The maximum absolute atomic E-state index is 12.5. The van der Waals surface area contributed by atoms with Gasteiger partial charge in [-0.2, -0.15) is 5.10 Å². The lowest BCUT2D eigenvalue weighted by molar-refractivity contribution is 0.0911. The Balaban J connectivity index is 1.84. The van der Waals surface area contributed by atoms with Crippen molar-refractivity contribution < 1.29 is 9.90 Å². The molecule has 1 atom stereocenters. The summed E-state index contributed by atoms with van der Waals surface area (Å²) in [7, 11) is 0. The fraction of sp³-hybridized carbons (Fsp3) is 0.111. The predicted molar refractivity (Wildman–Crippen MR) is 89.5 cm³/mol. The third kappa shape index (κ3) is 3.30. The van der Waals surface area contributed by atoms with Crippen LogP contribution in [0, 0.1) is 0 Å². The summed E-state index contributed by atoms with van der Waals surface area (Å²) in [6.45, 7) is -0.176. The van der Waals surface area contributed by atoms with E-state index in [1.807, 2.05) is 66.8 Å². The number of benzene rings is 1. The lowest BCUT2D eigenvalue weighted by atomic mass is 10.1. The van der Waals surface area contributed by atoms with Gasteiger partial charge in [0.05, 0.1) is 18.3 Å². The largest absolute Gasteiger partial charge is 0.394 e. The predicted octanol–water partition coefficient (Wildman–Crippen LogP) is 2.47. The minimum Gasteiger partial charge on any atom is -0.394 e. The number of hydrogen-bond acceptors (Lipinski definition) is 3. The molecule has 5 heteroatoms. The smallest absolute Gasteiger partial charge is 0.270 e. The number of aliphatic hydroxyl groups excluding tert-OH is 1. The molecule has 5 nitrogen and oxygen atoms in total. The van der Waals surface area contributed by atoms with Crippen molar-refractivity contribution in [3.8, 4) is 0 Å². The van der Waals surface area contributed by atoms with Crippen LogP contribution in [0.2, 0.25) is 0 Å². The summed E-state index contributed by atoms with van der Waals surface area (Å²) in [5.41, 5.74) is 2.67. The highest BCUT2D eigenvalue weighted by atomic mass is 16.3. The summed E-state index contributed by atoms with van der Waals surface area (Å²) < 4.78 is 0. The SMILES string of the molecule is O=C(N[C@H](CO)c1ccccc1)c1[nH]nc2c1C=CC=CC=C2. The first-order valence-corrected chi connectivity index (χ1v) is 7.36. The number of rotatable bonds is 4. The number of aromatic nitrogens is 2. The summed E-state index contributed by atoms with van der Waals surface area (Å²) in [5, 5.41) is 19.4. The van der Waals surface area contributed by atoms with Crippen LogP contribution in [0.5, 0.6) is 0 Å². The van der Waals surface area contributed by atoms with Crippen LogP contribution in [0.4, 0.5) is 0 Å². The molecule has 0 saturated heterocycles. The highest BCUT2D eigenvalue weighted by Gasteiger charge is 2.20. The molecule has 1 aliphatic carbocycles. The number of nitrogens with zero attached hydrogens (tertiary/aromatic N) is 1. The standard InChI is InChI=1S/C18H17N3O2/c22-12-16(13-8-4-3-5-9-13)19-18(23)17-14-10-6-1-2-7-11-15(14)20-21-17/h1-11,16,22H,12H2,(H,19,23)(H,20,21)/t16-/m1/s1. The third-order valence-electron chi connectivity index (χ3n) is 3.60. The van der Waals surface area contributed by atoms with Gasteiger partial charge in [0.25, 0.3) is 5.91 Å². The molecule has 116 valence electrons. The number of fused-ring (bicyclic) bond motifs is 1. The summed E-state index contributed by atoms with van der Waals surface area (Å²) in [6.07, 6.45) is 11.2. The molecular formula is C18H17N3O2. The molecule has 1 heterocycles. The maximum Gasteiger partial charge on any atom is 0.270 e. The van der Waals surface area contributed by atoms with Crippen molar-refractivity contribution in [3.05, 3.63) is 77.2 Å². The van der Waals surface area contributed by atoms with Crippen LogP contribution in [0.1, 0.15) is 33.4 Å². The number of H-pyrrole nitrogens is 1. The van der Waals surface area contributed by atoms with Crippen molar-refractivity contribution in [2.24, 2.45) is 0 Å². The Bertz CT molecular complexity index is 773. The van der Waals surface area contributed by atoms with Gasteiger partial charge < -0.3 is 10.4 Å². The van der Waals surface area contributed by atoms with Gasteiger partial charge in [-0.15, -0.1) is 0 Å². The van der Waals surface area contributed by atoms with Crippen LogP contribution >= 0.6 is 0 Å².